The number of anilines is 2. The largest absolute Gasteiger partial charge is 0.491 e. The van der Waals surface area contributed by atoms with Crippen LogP contribution in [0.15, 0.2) is 54.6 Å². The highest BCUT2D eigenvalue weighted by Gasteiger charge is 2.03. The van der Waals surface area contributed by atoms with Crippen LogP contribution >= 0.6 is 0 Å². The molecule has 0 bridgehead atoms. The SMILES string of the molecule is COCCOc1cccc(NC(=O)Nc2ccccc2)c1. The molecule has 0 aliphatic rings. The van der Waals surface area contributed by atoms with Crippen molar-refractivity contribution in [2.45, 2.75) is 0 Å². The predicted octanol–water partition coefficient (Wildman–Crippen LogP) is 3.36. The van der Waals surface area contributed by atoms with E-state index in [4.69, 9.17) is 9.47 Å². The van der Waals surface area contributed by atoms with E-state index in [0.29, 0.717) is 24.7 Å². The second-order valence-electron chi connectivity index (χ2n) is 4.31. The quantitative estimate of drug-likeness (QED) is 0.800. The van der Waals surface area contributed by atoms with Crippen LogP contribution in [0.1, 0.15) is 0 Å². The fourth-order valence-electron chi connectivity index (χ4n) is 1.72. The second kappa shape index (κ2) is 7.91. The first kappa shape index (κ1) is 14.9. The molecule has 0 saturated heterocycles. The third-order valence-corrected chi connectivity index (χ3v) is 2.68. The van der Waals surface area contributed by atoms with Gasteiger partial charge in [0.1, 0.15) is 12.4 Å². The Morgan fingerprint density at radius 3 is 2.43 bits per heavy atom. The number of methoxy groups -OCH3 is 1. The topological polar surface area (TPSA) is 59.6 Å². The number of benzene rings is 2. The van der Waals surface area contributed by atoms with Gasteiger partial charge in [0.15, 0.2) is 0 Å². The van der Waals surface area contributed by atoms with Gasteiger partial charge in [-0.25, -0.2) is 4.79 Å². The minimum Gasteiger partial charge on any atom is -0.491 e. The molecule has 2 rings (SSSR count). The number of para-hydroxylation sites is 1. The highest BCUT2D eigenvalue weighted by atomic mass is 16.5. The summed E-state index contributed by atoms with van der Waals surface area (Å²) in [4.78, 5) is 11.9. The summed E-state index contributed by atoms with van der Waals surface area (Å²) in [5.41, 5.74) is 1.40. The molecule has 110 valence electrons. The number of ether oxygens (including phenoxy) is 2. The van der Waals surface area contributed by atoms with E-state index in [1.165, 1.54) is 0 Å². The van der Waals surface area contributed by atoms with E-state index in [0.717, 1.165) is 5.69 Å². The van der Waals surface area contributed by atoms with Crippen LogP contribution in [0.3, 0.4) is 0 Å². The summed E-state index contributed by atoms with van der Waals surface area (Å²) in [7, 11) is 1.62. The lowest BCUT2D eigenvalue weighted by molar-refractivity contribution is 0.146. The summed E-state index contributed by atoms with van der Waals surface area (Å²) in [5, 5.41) is 5.51. The van der Waals surface area contributed by atoms with Gasteiger partial charge in [0.25, 0.3) is 0 Å². The lowest BCUT2D eigenvalue weighted by Gasteiger charge is -2.10. The molecule has 2 aromatic carbocycles. The molecule has 0 aromatic heterocycles. The molecule has 2 N–H and O–H groups in total. The molecule has 0 unspecified atom stereocenters. The summed E-state index contributed by atoms with van der Waals surface area (Å²) in [6, 6.07) is 16.2. The molecule has 0 fully saturated rings. The van der Waals surface area contributed by atoms with Gasteiger partial charge in [-0.15, -0.1) is 0 Å². The fourth-order valence-corrected chi connectivity index (χ4v) is 1.72. The van der Waals surface area contributed by atoms with Gasteiger partial charge < -0.3 is 20.1 Å². The summed E-state index contributed by atoms with van der Waals surface area (Å²) in [5.74, 6) is 0.685. The third-order valence-electron chi connectivity index (χ3n) is 2.68. The van der Waals surface area contributed by atoms with Crippen LogP contribution < -0.4 is 15.4 Å². The molecule has 2 aromatic rings. The number of hydrogen-bond donors (Lipinski definition) is 2. The number of hydrogen-bond acceptors (Lipinski definition) is 3. The molecular formula is C16H18N2O3. The van der Waals surface area contributed by atoms with E-state index in [2.05, 4.69) is 10.6 Å². The van der Waals surface area contributed by atoms with E-state index in [1.807, 2.05) is 42.5 Å². The zero-order valence-electron chi connectivity index (χ0n) is 11.8. The number of nitrogens with one attached hydrogen (secondary N) is 2. The fraction of sp³-hybridized carbons (Fsp3) is 0.188. The molecule has 0 saturated carbocycles. The van der Waals surface area contributed by atoms with Crippen molar-refractivity contribution >= 4 is 17.4 Å². The highest BCUT2D eigenvalue weighted by molar-refractivity contribution is 5.99. The number of carbonyl (C=O) groups is 1. The molecule has 21 heavy (non-hydrogen) atoms. The molecule has 0 spiro atoms. The Morgan fingerprint density at radius 1 is 0.952 bits per heavy atom. The first-order valence-electron chi connectivity index (χ1n) is 6.63. The number of amides is 2. The third kappa shape index (κ3) is 5.16. The number of urea groups is 1. The van der Waals surface area contributed by atoms with Crippen molar-refractivity contribution in [3.8, 4) is 5.75 Å². The number of rotatable bonds is 6. The minimum absolute atomic E-state index is 0.296. The van der Waals surface area contributed by atoms with Gasteiger partial charge in [-0.3, -0.25) is 0 Å². The summed E-state index contributed by atoms with van der Waals surface area (Å²) >= 11 is 0. The van der Waals surface area contributed by atoms with Gasteiger partial charge in [0.05, 0.1) is 6.61 Å². The van der Waals surface area contributed by atoms with Crippen molar-refractivity contribution in [2.24, 2.45) is 0 Å². The van der Waals surface area contributed by atoms with Crippen LogP contribution in [0.4, 0.5) is 16.2 Å². The molecule has 5 nitrogen and oxygen atoms in total. The Morgan fingerprint density at radius 2 is 1.67 bits per heavy atom. The maximum atomic E-state index is 11.9. The first-order valence-corrected chi connectivity index (χ1v) is 6.63. The Balaban J connectivity index is 1.90. The van der Waals surface area contributed by atoms with Crippen LogP contribution in [0.25, 0.3) is 0 Å². The van der Waals surface area contributed by atoms with Crippen LogP contribution in [0.2, 0.25) is 0 Å². The average Bonchev–Trinajstić information content (AvgIpc) is 2.49. The van der Waals surface area contributed by atoms with Gasteiger partial charge in [-0.1, -0.05) is 24.3 Å². The van der Waals surface area contributed by atoms with Crippen molar-refractivity contribution in [2.75, 3.05) is 31.0 Å². The standard InChI is InChI=1S/C16H18N2O3/c1-20-10-11-21-15-9-5-8-14(12-15)18-16(19)17-13-6-3-2-4-7-13/h2-9,12H,10-11H2,1H3,(H2,17,18,19). The lowest BCUT2D eigenvalue weighted by atomic mass is 10.3. The van der Waals surface area contributed by atoms with Crippen molar-refractivity contribution in [3.63, 3.8) is 0 Å². The predicted molar refractivity (Wildman–Crippen MR) is 82.9 cm³/mol. The summed E-state index contributed by atoms with van der Waals surface area (Å²) in [6.07, 6.45) is 0. The molecule has 0 aliphatic heterocycles. The van der Waals surface area contributed by atoms with E-state index < -0.39 is 0 Å². The van der Waals surface area contributed by atoms with Gasteiger partial charge in [-0.05, 0) is 24.3 Å². The van der Waals surface area contributed by atoms with Crippen LogP contribution in [0, 0.1) is 0 Å². The molecular weight excluding hydrogens is 268 g/mol. The second-order valence-corrected chi connectivity index (χ2v) is 4.31. The Bertz CT molecular complexity index is 573. The highest BCUT2D eigenvalue weighted by Crippen LogP contribution is 2.17. The molecule has 0 radical (unpaired) electrons. The van der Waals surface area contributed by atoms with Crippen molar-refractivity contribution in [1.82, 2.24) is 0 Å². The maximum absolute atomic E-state index is 11.9. The maximum Gasteiger partial charge on any atom is 0.323 e. The first-order chi connectivity index (χ1) is 10.3. The van der Waals surface area contributed by atoms with E-state index >= 15 is 0 Å². The lowest BCUT2D eigenvalue weighted by Crippen LogP contribution is -2.19. The van der Waals surface area contributed by atoms with Gasteiger partial charge in [-0.2, -0.15) is 0 Å². The van der Waals surface area contributed by atoms with Crippen LogP contribution in [-0.4, -0.2) is 26.4 Å². The van der Waals surface area contributed by atoms with Crippen molar-refractivity contribution in [3.05, 3.63) is 54.6 Å². The molecule has 0 atom stereocenters. The zero-order chi connectivity index (χ0) is 14.9. The Kier molecular flexibility index (Phi) is 5.60. The van der Waals surface area contributed by atoms with E-state index in [9.17, 15) is 4.79 Å². The Labute approximate surface area is 123 Å². The molecule has 2 amide bonds. The summed E-state index contributed by atoms with van der Waals surface area (Å²) in [6.45, 7) is 0.988. The summed E-state index contributed by atoms with van der Waals surface area (Å²) < 4.78 is 10.4. The van der Waals surface area contributed by atoms with Gasteiger partial charge in [0.2, 0.25) is 0 Å². The normalized spacial score (nSPS) is 9.95. The smallest absolute Gasteiger partial charge is 0.323 e. The van der Waals surface area contributed by atoms with Crippen LogP contribution in [-0.2, 0) is 4.74 Å². The van der Waals surface area contributed by atoms with E-state index in [-0.39, 0.29) is 6.03 Å². The average molecular weight is 286 g/mol. The van der Waals surface area contributed by atoms with Crippen molar-refractivity contribution in [1.29, 1.82) is 0 Å². The monoisotopic (exact) mass is 286 g/mol. The van der Waals surface area contributed by atoms with Gasteiger partial charge >= 0.3 is 6.03 Å². The number of carbonyl (C=O) groups excluding carboxylic acids is 1. The molecule has 0 heterocycles. The van der Waals surface area contributed by atoms with E-state index in [1.54, 1.807) is 19.2 Å². The molecule has 5 heteroatoms. The van der Waals surface area contributed by atoms with Crippen LogP contribution in [0.5, 0.6) is 5.75 Å². The Hall–Kier alpha value is -2.53. The minimum atomic E-state index is -0.296. The van der Waals surface area contributed by atoms with Gasteiger partial charge in [0, 0.05) is 24.6 Å². The molecule has 0 aliphatic carbocycles. The van der Waals surface area contributed by atoms with Crippen molar-refractivity contribution < 1.29 is 14.3 Å². The zero-order valence-corrected chi connectivity index (χ0v) is 11.8.